The van der Waals surface area contributed by atoms with E-state index in [0.717, 1.165) is 28.5 Å². The van der Waals surface area contributed by atoms with Gasteiger partial charge in [-0.05, 0) is 41.2 Å². The molecule has 1 fully saturated rings. The quantitative estimate of drug-likeness (QED) is 0.568. The van der Waals surface area contributed by atoms with Crippen LogP contribution in [0.4, 0.5) is 0 Å². The van der Waals surface area contributed by atoms with Crippen LogP contribution in [0, 0.1) is 11.8 Å². The van der Waals surface area contributed by atoms with Crippen LogP contribution >= 0.6 is 0 Å². The van der Waals surface area contributed by atoms with Gasteiger partial charge in [-0.15, -0.1) is 0 Å². The fourth-order valence-corrected chi connectivity index (χ4v) is 4.85. The minimum absolute atomic E-state index is 0.0297. The zero-order valence-corrected chi connectivity index (χ0v) is 13.6. The summed E-state index contributed by atoms with van der Waals surface area (Å²) in [5.74, 6) is -0.401. The molecule has 4 rings (SSSR count). The van der Waals surface area contributed by atoms with Crippen molar-refractivity contribution >= 4 is 15.9 Å². The molecule has 2 heterocycles. The summed E-state index contributed by atoms with van der Waals surface area (Å²) in [6.07, 6.45) is 4.32. The molecule has 2 aliphatic carbocycles. The van der Waals surface area contributed by atoms with Gasteiger partial charge in [0.2, 0.25) is 0 Å². The zero-order valence-electron chi connectivity index (χ0n) is 12.8. The van der Waals surface area contributed by atoms with Crippen LogP contribution in [0.3, 0.4) is 0 Å². The highest BCUT2D eigenvalue weighted by Gasteiger charge is 2.52. The first-order chi connectivity index (χ1) is 10.8. The fraction of sp³-hybridized carbons (Fsp3) is 0.471. The standard InChI is InChI=1S/C17H18O5S/c1-8-9(2)17-13-7-11-10(6-12(13)16(8)21-17)14(18)4-5-15(11)22-23(3,19)20/h4-5,10-11,15-17H,1-2,6-7H2,3H3. The highest BCUT2D eigenvalue weighted by molar-refractivity contribution is 7.86. The number of allylic oxidation sites excluding steroid dienone is 1. The second-order valence-electron chi connectivity index (χ2n) is 6.70. The summed E-state index contributed by atoms with van der Waals surface area (Å²) in [5, 5.41) is 0. The molecule has 0 aromatic carbocycles. The van der Waals surface area contributed by atoms with Crippen molar-refractivity contribution in [2.24, 2.45) is 11.8 Å². The van der Waals surface area contributed by atoms with Gasteiger partial charge >= 0.3 is 0 Å². The van der Waals surface area contributed by atoms with Crippen LogP contribution in [0.25, 0.3) is 0 Å². The van der Waals surface area contributed by atoms with Crippen molar-refractivity contribution in [3.05, 3.63) is 47.6 Å². The fourth-order valence-electron chi connectivity index (χ4n) is 4.24. The number of ether oxygens (including phenoxy) is 1. The molecule has 23 heavy (non-hydrogen) atoms. The third-order valence-corrected chi connectivity index (χ3v) is 5.87. The predicted octanol–water partition coefficient (Wildman–Crippen LogP) is 1.69. The molecular weight excluding hydrogens is 316 g/mol. The Balaban J connectivity index is 1.70. The lowest BCUT2D eigenvalue weighted by Crippen LogP contribution is -2.41. The molecule has 122 valence electrons. The van der Waals surface area contributed by atoms with Gasteiger partial charge in [-0.3, -0.25) is 8.98 Å². The first-order valence-corrected chi connectivity index (χ1v) is 9.43. The Bertz CT molecular complexity index is 801. The second kappa shape index (κ2) is 4.75. The largest absolute Gasteiger partial charge is 0.357 e. The number of fused-ring (bicyclic) bond motifs is 5. The van der Waals surface area contributed by atoms with Gasteiger partial charge < -0.3 is 4.74 Å². The molecule has 2 aliphatic heterocycles. The predicted molar refractivity (Wildman–Crippen MR) is 84.0 cm³/mol. The van der Waals surface area contributed by atoms with Crippen molar-refractivity contribution < 1.29 is 22.1 Å². The van der Waals surface area contributed by atoms with Crippen LogP contribution in [-0.4, -0.2) is 38.8 Å². The first kappa shape index (κ1) is 15.1. The van der Waals surface area contributed by atoms with Crippen molar-refractivity contribution in [2.45, 2.75) is 31.2 Å². The molecule has 5 atom stereocenters. The van der Waals surface area contributed by atoms with E-state index in [-0.39, 0.29) is 29.8 Å². The Morgan fingerprint density at radius 2 is 1.78 bits per heavy atom. The van der Waals surface area contributed by atoms with Crippen LogP contribution in [0.15, 0.2) is 47.6 Å². The Kier molecular flexibility index (Phi) is 3.11. The van der Waals surface area contributed by atoms with E-state index in [1.54, 1.807) is 6.08 Å². The van der Waals surface area contributed by atoms with Gasteiger partial charge in [0.05, 0.1) is 12.4 Å². The van der Waals surface area contributed by atoms with E-state index in [0.29, 0.717) is 12.8 Å². The monoisotopic (exact) mass is 334 g/mol. The summed E-state index contributed by atoms with van der Waals surface area (Å²) in [4.78, 5) is 12.3. The van der Waals surface area contributed by atoms with E-state index < -0.39 is 16.2 Å². The van der Waals surface area contributed by atoms with Gasteiger partial charge in [-0.25, -0.2) is 0 Å². The lowest BCUT2D eigenvalue weighted by atomic mass is 9.65. The summed E-state index contributed by atoms with van der Waals surface area (Å²) >= 11 is 0. The van der Waals surface area contributed by atoms with Crippen LogP contribution < -0.4 is 0 Å². The summed E-state index contributed by atoms with van der Waals surface area (Å²) in [7, 11) is -3.59. The van der Waals surface area contributed by atoms with Gasteiger partial charge in [-0.1, -0.05) is 19.2 Å². The summed E-state index contributed by atoms with van der Waals surface area (Å²) in [6, 6.07) is 0. The second-order valence-corrected chi connectivity index (χ2v) is 8.30. The Morgan fingerprint density at radius 3 is 2.39 bits per heavy atom. The van der Waals surface area contributed by atoms with Crippen LogP contribution in [0.1, 0.15) is 12.8 Å². The van der Waals surface area contributed by atoms with Crippen molar-refractivity contribution in [1.29, 1.82) is 0 Å². The molecule has 0 N–H and O–H groups in total. The van der Waals surface area contributed by atoms with Gasteiger partial charge in [0.25, 0.3) is 10.1 Å². The van der Waals surface area contributed by atoms with Gasteiger partial charge in [0, 0.05) is 11.8 Å². The summed E-state index contributed by atoms with van der Waals surface area (Å²) < 4.78 is 34.2. The number of ketones is 1. The number of carbonyl (C=O) groups excluding carboxylic acids is 1. The maximum atomic E-state index is 12.3. The van der Waals surface area contributed by atoms with Gasteiger partial charge in [0.1, 0.15) is 12.2 Å². The molecule has 0 aromatic rings. The minimum Gasteiger partial charge on any atom is -0.357 e. The lowest BCUT2D eigenvalue weighted by molar-refractivity contribution is -0.122. The molecule has 1 saturated heterocycles. The molecule has 0 aromatic heterocycles. The number of rotatable bonds is 2. The molecule has 0 saturated carbocycles. The van der Waals surface area contributed by atoms with Crippen molar-refractivity contribution in [1.82, 2.24) is 0 Å². The van der Waals surface area contributed by atoms with E-state index in [1.165, 1.54) is 6.08 Å². The van der Waals surface area contributed by atoms with E-state index in [2.05, 4.69) is 13.2 Å². The van der Waals surface area contributed by atoms with Gasteiger partial charge in [-0.2, -0.15) is 8.42 Å². The zero-order chi connectivity index (χ0) is 16.5. The highest BCUT2D eigenvalue weighted by Crippen LogP contribution is 2.53. The average molecular weight is 334 g/mol. The molecule has 0 amide bonds. The smallest absolute Gasteiger partial charge is 0.264 e. The summed E-state index contributed by atoms with van der Waals surface area (Å²) in [5.41, 5.74) is 4.06. The normalized spacial score (nSPS) is 39.0. The van der Waals surface area contributed by atoms with Crippen molar-refractivity contribution in [2.75, 3.05) is 6.26 Å². The molecule has 5 unspecified atom stereocenters. The van der Waals surface area contributed by atoms with Crippen LogP contribution in [0.5, 0.6) is 0 Å². The molecule has 0 radical (unpaired) electrons. The van der Waals surface area contributed by atoms with Gasteiger partial charge in [0.15, 0.2) is 5.78 Å². The third kappa shape index (κ3) is 2.20. The van der Waals surface area contributed by atoms with Crippen molar-refractivity contribution in [3.8, 4) is 0 Å². The molecule has 4 aliphatic rings. The average Bonchev–Trinajstić information content (AvgIpc) is 2.97. The highest BCUT2D eigenvalue weighted by atomic mass is 32.2. The summed E-state index contributed by atoms with van der Waals surface area (Å²) in [6.45, 7) is 8.07. The lowest BCUT2D eigenvalue weighted by Gasteiger charge is -2.39. The van der Waals surface area contributed by atoms with Crippen LogP contribution in [-0.2, 0) is 23.8 Å². The van der Waals surface area contributed by atoms with E-state index in [1.807, 2.05) is 0 Å². The Morgan fingerprint density at radius 1 is 1.17 bits per heavy atom. The number of hydrogen-bond donors (Lipinski definition) is 0. The SMILES string of the molecule is C=C1C(=C)C2OC1C1=C2CC2C(OS(C)(=O)=O)C=CC(=O)C2C1. The van der Waals surface area contributed by atoms with E-state index in [9.17, 15) is 13.2 Å². The molecule has 0 spiro atoms. The van der Waals surface area contributed by atoms with E-state index in [4.69, 9.17) is 8.92 Å². The van der Waals surface area contributed by atoms with Crippen LogP contribution in [0.2, 0.25) is 0 Å². The van der Waals surface area contributed by atoms with Crippen molar-refractivity contribution in [3.63, 3.8) is 0 Å². The Hall–Kier alpha value is -1.50. The minimum atomic E-state index is -3.59. The maximum Gasteiger partial charge on any atom is 0.264 e. The third-order valence-electron chi connectivity index (χ3n) is 5.30. The van der Waals surface area contributed by atoms with E-state index >= 15 is 0 Å². The molecule has 5 nitrogen and oxygen atoms in total. The molecule has 6 heteroatoms. The maximum absolute atomic E-state index is 12.3. The molecule has 2 bridgehead atoms. The number of carbonyl (C=O) groups is 1. The topological polar surface area (TPSA) is 69.7 Å². The molecular formula is C17H18O5S. The number of hydrogen-bond acceptors (Lipinski definition) is 5. The first-order valence-electron chi connectivity index (χ1n) is 7.62. The Labute approximate surface area is 135 Å².